The van der Waals surface area contributed by atoms with Crippen LogP contribution >= 0.6 is 21.6 Å². The summed E-state index contributed by atoms with van der Waals surface area (Å²) in [6, 6.07) is 25.2. The van der Waals surface area contributed by atoms with Gasteiger partial charge in [-0.25, -0.2) is 0 Å². The summed E-state index contributed by atoms with van der Waals surface area (Å²) in [7, 11) is 15.4. The standard InChI is InChI=1S/C36H44N4O2S2/c1-37(2)33-19-15-29(35(27-33)41-5)13-17-31-11-7-9-21-39(31)23-25-43-44-26-24-40-22-10-8-12-32(40)18-14-30-16-20-34(38(3)4)28-36(30)42-6/h7-22,27-28H,23-26H2,1-6H3/q+2. The summed E-state index contributed by atoms with van der Waals surface area (Å²) < 4.78 is 15.9. The average Bonchev–Trinajstić information content (AvgIpc) is 3.04. The minimum absolute atomic E-state index is 0.871. The van der Waals surface area contributed by atoms with E-state index in [2.05, 4.69) is 128 Å². The topological polar surface area (TPSA) is 32.7 Å². The van der Waals surface area contributed by atoms with Gasteiger partial charge in [0.2, 0.25) is 11.4 Å². The quantitative estimate of drug-likeness (QED) is 0.0815. The predicted molar refractivity (Wildman–Crippen MR) is 191 cm³/mol. The summed E-state index contributed by atoms with van der Waals surface area (Å²) >= 11 is 0. The van der Waals surface area contributed by atoms with Gasteiger partial charge in [0.05, 0.1) is 25.7 Å². The van der Waals surface area contributed by atoms with Gasteiger partial charge in [-0.05, 0) is 48.6 Å². The number of hydrogen-bond donors (Lipinski definition) is 0. The summed E-state index contributed by atoms with van der Waals surface area (Å²) in [5, 5.41) is 0. The second-order valence-corrected chi connectivity index (χ2v) is 13.3. The van der Waals surface area contributed by atoms with Gasteiger partial charge in [-0.15, -0.1) is 0 Å². The number of rotatable bonds is 15. The first kappa shape index (κ1) is 33.0. The number of pyridine rings is 2. The van der Waals surface area contributed by atoms with E-state index in [-0.39, 0.29) is 0 Å². The maximum Gasteiger partial charge on any atom is 0.205 e. The maximum atomic E-state index is 5.65. The van der Waals surface area contributed by atoms with Crippen LogP contribution in [-0.2, 0) is 13.1 Å². The Morgan fingerprint density at radius 1 is 0.591 bits per heavy atom. The normalized spacial score (nSPS) is 11.3. The zero-order chi connectivity index (χ0) is 31.3. The Hall–Kier alpha value is -3.88. The zero-order valence-electron chi connectivity index (χ0n) is 26.6. The van der Waals surface area contributed by atoms with Crippen LogP contribution in [-0.4, -0.2) is 53.9 Å². The molecule has 0 aliphatic carbocycles. The third-order valence-electron chi connectivity index (χ3n) is 7.20. The van der Waals surface area contributed by atoms with E-state index >= 15 is 0 Å². The van der Waals surface area contributed by atoms with E-state index in [1.54, 1.807) is 14.2 Å². The maximum absolute atomic E-state index is 5.65. The molecule has 0 amide bonds. The SMILES string of the molecule is COc1cc(N(C)C)ccc1/C=C/c1cccc[n+]1CCSSCC[n+]1ccccc1/C=C/c1ccc(N(C)C)cc1OC. The smallest absolute Gasteiger partial charge is 0.205 e. The molecule has 0 atom stereocenters. The van der Waals surface area contributed by atoms with E-state index in [4.69, 9.17) is 9.47 Å². The summed E-state index contributed by atoms with van der Waals surface area (Å²) in [5.74, 6) is 3.79. The van der Waals surface area contributed by atoms with Crippen LogP contribution in [0.1, 0.15) is 22.5 Å². The second-order valence-electron chi connectivity index (χ2n) is 10.6. The summed E-state index contributed by atoms with van der Waals surface area (Å²) in [6.07, 6.45) is 12.9. The highest BCUT2D eigenvalue weighted by Crippen LogP contribution is 2.27. The molecule has 2 heterocycles. The molecule has 6 nitrogen and oxygen atoms in total. The molecule has 8 heteroatoms. The van der Waals surface area contributed by atoms with Crippen LogP contribution in [0, 0.1) is 0 Å². The van der Waals surface area contributed by atoms with Crippen LogP contribution in [0.25, 0.3) is 24.3 Å². The molecule has 0 saturated carbocycles. The number of nitrogens with zero attached hydrogens (tertiary/aromatic N) is 4. The van der Waals surface area contributed by atoms with Gasteiger partial charge in [0, 0.05) is 99.2 Å². The zero-order valence-corrected chi connectivity index (χ0v) is 28.3. The van der Waals surface area contributed by atoms with Gasteiger partial charge >= 0.3 is 0 Å². The van der Waals surface area contributed by atoms with Crippen LogP contribution < -0.4 is 28.4 Å². The molecular weight excluding hydrogens is 585 g/mol. The van der Waals surface area contributed by atoms with Crippen molar-refractivity contribution >= 4 is 57.3 Å². The number of methoxy groups -OCH3 is 2. The molecule has 0 aliphatic rings. The molecule has 2 aromatic heterocycles. The van der Waals surface area contributed by atoms with Crippen molar-refractivity contribution in [2.75, 3.05) is 63.7 Å². The first-order valence-electron chi connectivity index (χ1n) is 14.7. The van der Waals surface area contributed by atoms with Crippen LogP contribution in [0.15, 0.2) is 85.2 Å². The molecule has 4 rings (SSSR count). The molecule has 0 unspecified atom stereocenters. The number of ether oxygens (including phenoxy) is 2. The third kappa shape index (κ3) is 9.31. The van der Waals surface area contributed by atoms with Gasteiger partial charge in [0.25, 0.3) is 0 Å². The van der Waals surface area contributed by atoms with Gasteiger partial charge in [0.15, 0.2) is 25.5 Å². The number of anilines is 2. The van der Waals surface area contributed by atoms with E-state index in [0.29, 0.717) is 0 Å². The van der Waals surface area contributed by atoms with Crippen molar-refractivity contribution < 1.29 is 18.6 Å². The van der Waals surface area contributed by atoms with Crippen molar-refractivity contribution in [1.29, 1.82) is 0 Å². The Kier molecular flexibility index (Phi) is 12.6. The Labute approximate surface area is 271 Å². The molecule has 2 aromatic carbocycles. The highest BCUT2D eigenvalue weighted by molar-refractivity contribution is 8.76. The predicted octanol–water partition coefficient (Wildman–Crippen LogP) is 6.83. The van der Waals surface area contributed by atoms with Gasteiger partial charge in [-0.1, -0.05) is 21.6 Å². The summed E-state index contributed by atoms with van der Waals surface area (Å²) in [6.45, 7) is 1.88. The van der Waals surface area contributed by atoms with Crippen LogP contribution in [0.2, 0.25) is 0 Å². The van der Waals surface area contributed by atoms with E-state index < -0.39 is 0 Å². The highest BCUT2D eigenvalue weighted by Gasteiger charge is 2.11. The summed E-state index contributed by atoms with van der Waals surface area (Å²) in [5.41, 5.74) is 6.70. The molecule has 0 spiro atoms. The minimum Gasteiger partial charge on any atom is -0.496 e. The number of hydrogen-bond acceptors (Lipinski definition) is 6. The fourth-order valence-corrected chi connectivity index (χ4v) is 6.59. The minimum atomic E-state index is 0.871. The fourth-order valence-electron chi connectivity index (χ4n) is 4.66. The van der Waals surface area contributed by atoms with Crippen LogP contribution in [0.4, 0.5) is 11.4 Å². The largest absolute Gasteiger partial charge is 0.496 e. The van der Waals surface area contributed by atoms with E-state index in [1.165, 1.54) is 11.4 Å². The Balaban J connectivity index is 1.29. The molecule has 0 fully saturated rings. The number of benzene rings is 2. The lowest BCUT2D eigenvalue weighted by atomic mass is 10.1. The van der Waals surface area contributed by atoms with Crippen molar-refractivity contribution in [2.45, 2.75) is 13.1 Å². The average molecular weight is 629 g/mol. The van der Waals surface area contributed by atoms with Crippen molar-refractivity contribution in [3.8, 4) is 11.5 Å². The lowest BCUT2D eigenvalue weighted by molar-refractivity contribution is -0.694. The van der Waals surface area contributed by atoms with Crippen LogP contribution in [0.5, 0.6) is 11.5 Å². The molecule has 0 saturated heterocycles. The molecule has 0 radical (unpaired) electrons. The molecule has 230 valence electrons. The van der Waals surface area contributed by atoms with Gasteiger partial charge < -0.3 is 19.3 Å². The van der Waals surface area contributed by atoms with E-state index in [1.807, 2.05) is 49.8 Å². The van der Waals surface area contributed by atoms with Crippen molar-refractivity contribution in [3.05, 3.63) is 108 Å². The van der Waals surface area contributed by atoms with Crippen LogP contribution in [0.3, 0.4) is 0 Å². The molecule has 44 heavy (non-hydrogen) atoms. The highest BCUT2D eigenvalue weighted by atomic mass is 33.1. The Morgan fingerprint density at radius 3 is 1.41 bits per heavy atom. The lowest BCUT2D eigenvalue weighted by Gasteiger charge is -2.14. The third-order valence-corrected chi connectivity index (χ3v) is 9.57. The molecule has 0 aliphatic heterocycles. The fraction of sp³-hybridized carbons (Fsp3) is 0.278. The Morgan fingerprint density at radius 2 is 1.02 bits per heavy atom. The van der Waals surface area contributed by atoms with E-state index in [9.17, 15) is 0 Å². The lowest BCUT2D eigenvalue weighted by Crippen LogP contribution is -2.38. The van der Waals surface area contributed by atoms with Crippen molar-refractivity contribution in [1.82, 2.24) is 0 Å². The first-order valence-corrected chi connectivity index (χ1v) is 17.2. The van der Waals surface area contributed by atoms with Crippen molar-refractivity contribution in [2.24, 2.45) is 0 Å². The van der Waals surface area contributed by atoms with Gasteiger partial charge in [-0.2, -0.15) is 9.13 Å². The molecule has 4 aromatic rings. The summed E-state index contributed by atoms with van der Waals surface area (Å²) in [4.78, 5) is 4.16. The van der Waals surface area contributed by atoms with Gasteiger partial charge in [-0.3, -0.25) is 0 Å². The first-order chi connectivity index (χ1) is 21.4. The second kappa shape index (κ2) is 16.8. The Bertz CT molecular complexity index is 1450. The monoisotopic (exact) mass is 628 g/mol. The number of aryl methyl sites for hydroxylation is 2. The molecule has 0 N–H and O–H groups in total. The number of aromatic nitrogens is 2. The van der Waals surface area contributed by atoms with Crippen molar-refractivity contribution in [3.63, 3.8) is 0 Å². The van der Waals surface area contributed by atoms with E-state index in [0.717, 1.165) is 58.6 Å². The van der Waals surface area contributed by atoms with Gasteiger partial charge in [0.1, 0.15) is 11.5 Å². The molecular formula is C36H44N4O2S2+2. The molecule has 0 bridgehead atoms.